The first-order chi connectivity index (χ1) is 10.9. The summed E-state index contributed by atoms with van der Waals surface area (Å²) in [5, 5.41) is 5.11. The van der Waals surface area contributed by atoms with Gasteiger partial charge >= 0.3 is 5.97 Å². The van der Waals surface area contributed by atoms with Crippen molar-refractivity contribution in [2.45, 2.75) is 33.2 Å². The molecule has 0 fully saturated rings. The number of esters is 1. The summed E-state index contributed by atoms with van der Waals surface area (Å²) >= 11 is 0. The lowest BCUT2D eigenvalue weighted by Crippen LogP contribution is -2.36. The van der Waals surface area contributed by atoms with E-state index in [2.05, 4.69) is 10.6 Å². The van der Waals surface area contributed by atoms with E-state index in [-0.39, 0.29) is 17.6 Å². The van der Waals surface area contributed by atoms with Gasteiger partial charge in [-0.3, -0.25) is 9.59 Å². The van der Waals surface area contributed by atoms with Crippen LogP contribution < -0.4 is 10.6 Å². The highest BCUT2D eigenvalue weighted by molar-refractivity contribution is 5.98. The molecule has 1 atom stereocenters. The van der Waals surface area contributed by atoms with Gasteiger partial charge < -0.3 is 15.4 Å². The molecule has 0 aliphatic carbocycles. The highest BCUT2D eigenvalue weighted by Gasteiger charge is 2.15. The molecule has 0 spiro atoms. The maximum Gasteiger partial charge on any atom is 0.355 e. The van der Waals surface area contributed by atoms with Crippen molar-refractivity contribution < 1.29 is 19.1 Å². The third kappa shape index (κ3) is 7.26. The molecule has 0 saturated carbocycles. The fourth-order valence-corrected chi connectivity index (χ4v) is 1.68. The molecule has 6 heteroatoms. The quantitative estimate of drug-likeness (QED) is 0.591. The van der Waals surface area contributed by atoms with Crippen molar-refractivity contribution in [2.75, 3.05) is 6.61 Å². The number of carbonyl (C=O) groups excluding carboxylic acids is 3. The Morgan fingerprint density at radius 2 is 1.87 bits per heavy atom. The molecule has 0 aliphatic heterocycles. The molecule has 0 radical (unpaired) electrons. The first-order valence-electron chi connectivity index (χ1n) is 7.43. The van der Waals surface area contributed by atoms with E-state index in [0.717, 1.165) is 12.0 Å². The van der Waals surface area contributed by atoms with Gasteiger partial charge in [0.2, 0.25) is 5.91 Å². The van der Waals surface area contributed by atoms with E-state index < -0.39 is 18.5 Å². The summed E-state index contributed by atoms with van der Waals surface area (Å²) in [6.45, 7) is 4.70. The third-order valence-corrected chi connectivity index (χ3v) is 3.00. The number of benzene rings is 1. The van der Waals surface area contributed by atoms with Crippen LogP contribution in [0, 0.1) is 0 Å². The van der Waals surface area contributed by atoms with Crippen LogP contribution in [0.3, 0.4) is 0 Å². The minimum Gasteiger partial charge on any atom is -0.451 e. The van der Waals surface area contributed by atoms with E-state index in [1.807, 2.05) is 32.0 Å². The van der Waals surface area contributed by atoms with Crippen LogP contribution in [-0.2, 0) is 19.1 Å². The lowest BCUT2D eigenvalue weighted by Gasteiger charge is -2.12. The smallest absolute Gasteiger partial charge is 0.355 e. The van der Waals surface area contributed by atoms with Crippen LogP contribution in [0.15, 0.2) is 36.0 Å². The molecule has 2 N–H and O–H groups in total. The normalized spacial score (nSPS) is 12.2. The van der Waals surface area contributed by atoms with Crippen molar-refractivity contribution in [1.29, 1.82) is 0 Å². The summed E-state index contributed by atoms with van der Waals surface area (Å²) in [4.78, 5) is 34.9. The maximum atomic E-state index is 12.1. The second kappa shape index (κ2) is 9.40. The SMILES string of the molecule is CC[C@H](C)NC(=O)COC(=O)/C(=C/c1ccccc1)NC(C)=O. The first kappa shape index (κ1) is 18.4. The average Bonchev–Trinajstić information content (AvgIpc) is 2.52. The van der Waals surface area contributed by atoms with Gasteiger partial charge in [-0.05, 0) is 25.0 Å². The molecule has 0 aliphatic rings. The molecule has 0 aromatic heterocycles. The van der Waals surface area contributed by atoms with Gasteiger partial charge in [0.25, 0.3) is 5.91 Å². The van der Waals surface area contributed by atoms with E-state index in [9.17, 15) is 14.4 Å². The second-order valence-corrected chi connectivity index (χ2v) is 5.10. The summed E-state index contributed by atoms with van der Waals surface area (Å²) in [5.74, 6) is -1.54. The van der Waals surface area contributed by atoms with Crippen molar-refractivity contribution in [2.24, 2.45) is 0 Å². The lowest BCUT2D eigenvalue weighted by molar-refractivity contribution is -0.145. The van der Waals surface area contributed by atoms with Crippen LogP contribution in [0.2, 0.25) is 0 Å². The molecular formula is C17H22N2O4. The average molecular weight is 318 g/mol. The number of nitrogens with one attached hydrogen (secondary N) is 2. The second-order valence-electron chi connectivity index (χ2n) is 5.10. The highest BCUT2D eigenvalue weighted by atomic mass is 16.5. The third-order valence-electron chi connectivity index (χ3n) is 3.00. The summed E-state index contributed by atoms with van der Waals surface area (Å²) < 4.78 is 4.95. The largest absolute Gasteiger partial charge is 0.451 e. The van der Waals surface area contributed by atoms with E-state index in [0.29, 0.717) is 0 Å². The Morgan fingerprint density at radius 3 is 2.43 bits per heavy atom. The summed E-state index contributed by atoms with van der Waals surface area (Å²) in [5.41, 5.74) is 0.720. The number of rotatable bonds is 7. The molecule has 1 rings (SSSR count). The minimum atomic E-state index is -0.761. The van der Waals surface area contributed by atoms with Crippen molar-refractivity contribution >= 4 is 23.9 Å². The van der Waals surface area contributed by atoms with Crippen LogP contribution in [0.5, 0.6) is 0 Å². The number of ether oxygens (including phenoxy) is 1. The van der Waals surface area contributed by atoms with Gasteiger partial charge in [0, 0.05) is 13.0 Å². The zero-order valence-corrected chi connectivity index (χ0v) is 13.6. The number of carbonyl (C=O) groups is 3. The predicted octanol–water partition coefficient (Wildman–Crippen LogP) is 1.62. The topological polar surface area (TPSA) is 84.5 Å². The fraction of sp³-hybridized carbons (Fsp3) is 0.353. The van der Waals surface area contributed by atoms with Gasteiger partial charge in [0.15, 0.2) is 6.61 Å². The minimum absolute atomic E-state index is 0.0101. The van der Waals surface area contributed by atoms with E-state index in [4.69, 9.17) is 4.74 Å². The molecule has 0 saturated heterocycles. The van der Waals surface area contributed by atoms with Crippen LogP contribution >= 0.6 is 0 Å². The fourth-order valence-electron chi connectivity index (χ4n) is 1.68. The van der Waals surface area contributed by atoms with Crippen molar-refractivity contribution in [3.05, 3.63) is 41.6 Å². The molecule has 0 heterocycles. The van der Waals surface area contributed by atoms with Gasteiger partial charge in [-0.25, -0.2) is 4.79 Å². The van der Waals surface area contributed by atoms with E-state index in [1.165, 1.54) is 13.0 Å². The zero-order chi connectivity index (χ0) is 17.2. The van der Waals surface area contributed by atoms with Gasteiger partial charge in [0.05, 0.1) is 0 Å². The summed E-state index contributed by atoms with van der Waals surface area (Å²) in [6, 6.07) is 9.03. The Balaban J connectivity index is 2.72. The Morgan fingerprint density at radius 1 is 1.22 bits per heavy atom. The van der Waals surface area contributed by atoms with Gasteiger partial charge in [-0.1, -0.05) is 37.3 Å². The number of hydrogen-bond donors (Lipinski definition) is 2. The number of hydrogen-bond acceptors (Lipinski definition) is 4. The van der Waals surface area contributed by atoms with E-state index >= 15 is 0 Å². The zero-order valence-electron chi connectivity index (χ0n) is 13.6. The molecule has 0 bridgehead atoms. The molecule has 23 heavy (non-hydrogen) atoms. The molecule has 6 nitrogen and oxygen atoms in total. The van der Waals surface area contributed by atoms with Crippen LogP contribution in [0.4, 0.5) is 0 Å². The van der Waals surface area contributed by atoms with Crippen LogP contribution in [0.25, 0.3) is 6.08 Å². The van der Waals surface area contributed by atoms with Gasteiger partial charge in [0.1, 0.15) is 5.70 Å². The van der Waals surface area contributed by atoms with Crippen molar-refractivity contribution in [1.82, 2.24) is 10.6 Å². The van der Waals surface area contributed by atoms with Crippen LogP contribution in [0.1, 0.15) is 32.8 Å². The Bertz CT molecular complexity index is 582. The molecule has 1 aromatic carbocycles. The lowest BCUT2D eigenvalue weighted by atomic mass is 10.2. The maximum absolute atomic E-state index is 12.1. The Labute approximate surface area is 135 Å². The Hall–Kier alpha value is -2.63. The van der Waals surface area contributed by atoms with Crippen LogP contribution in [-0.4, -0.2) is 30.4 Å². The molecular weight excluding hydrogens is 296 g/mol. The standard InChI is InChI=1S/C17H22N2O4/c1-4-12(2)18-16(21)11-23-17(22)15(19-13(3)20)10-14-8-6-5-7-9-14/h5-10,12H,4,11H2,1-3H3,(H,18,21)(H,19,20)/b15-10-/t12-/m0/s1. The first-order valence-corrected chi connectivity index (χ1v) is 7.43. The summed E-state index contributed by atoms with van der Waals surface area (Å²) in [6.07, 6.45) is 2.28. The molecule has 2 amide bonds. The Kier molecular flexibility index (Phi) is 7.53. The monoisotopic (exact) mass is 318 g/mol. The molecule has 1 aromatic rings. The highest BCUT2D eigenvalue weighted by Crippen LogP contribution is 2.06. The van der Waals surface area contributed by atoms with Gasteiger partial charge in [-0.15, -0.1) is 0 Å². The van der Waals surface area contributed by atoms with E-state index in [1.54, 1.807) is 12.1 Å². The van der Waals surface area contributed by atoms with Crippen molar-refractivity contribution in [3.8, 4) is 0 Å². The van der Waals surface area contributed by atoms with Crippen molar-refractivity contribution in [3.63, 3.8) is 0 Å². The van der Waals surface area contributed by atoms with Gasteiger partial charge in [-0.2, -0.15) is 0 Å². The molecule has 124 valence electrons. The predicted molar refractivity (Wildman–Crippen MR) is 87.1 cm³/mol. The summed E-state index contributed by atoms with van der Waals surface area (Å²) in [7, 11) is 0. The molecule has 0 unspecified atom stereocenters. The number of amides is 2.